The molecule has 0 radical (unpaired) electrons. The molecule has 2 aromatic heterocycles. The Morgan fingerprint density at radius 1 is 1.03 bits per heavy atom. The first-order valence-corrected chi connectivity index (χ1v) is 10.7. The second-order valence-electron chi connectivity index (χ2n) is 6.73. The van der Waals surface area contributed by atoms with Crippen LogP contribution in [0.3, 0.4) is 0 Å². The van der Waals surface area contributed by atoms with Crippen LogP contribution < -0.4 is 10.1 Å². The van der Waals surface area contributed by atoms with Crippen LogP contribution in [0.2, 0.25) is 0 Å². The SMILES string of the molecule is CCCOc1nc(-c2ccc(C3CCNCC3)cc2)cc2nccnc12.CS.O.O. The summed E-state index contributed by atoms with van der Waals surface area (Å²) < 4.78 is 5.83. The second-order valence-corrected chi connectivity index (χ2v) is 6.73. The molecule has 0 spiro atoms. The first-order chi connectivity index (χ1) is 13.8. The summed E-state index contributed by atoms with van der Waals surface area (Å²) in [5.74, 6) is 1.22. The van der Waals surface area contributed by atoms with Crippen molar-refractivity contribution in [1.29, 1.82) is 0 Å². The Morgan fingerprint density at radius 3 is 2.37 bits per heavy atom. The van der Waals surface area contributed by atoms with Gasteiger partial charge in [-0.3, -0.25) is 4.98 Å². The molecule has 30 heavy (non-hydrogen) atoms. The van der Waals surface area contributed by atoms with Crippen molar-refractivity contribution in [1.82, 2.24) is 20.3 Å². The van der Waals surface area contributed by atoms with E-state index in [1.54, 1.807) is 18.6 Å². The van der Waals surface area contributed by atoms with Gasteiger partial charge in [0.15, 0.2) is 5.52 Å². The number of piperidine rings is 1. The fraction of sp³-hybridized carbons (Fsp3) is 0.409. The summed E-state index contributed by atoms with van der Waals surface area (Å²) in [5.41, 5.74) is 4.90. The minimum atomic E-state index is 0. The van der Waals surface area contributed by atoms with E-state index < -0.39 is 0 Å². The Labute approximate surface area is 183 Å². The largest absolute Gasteiger partial charge is 0.476 e. The van der Waals surface area contributed by atoms with Crippen LogP contribution in [0, 0.1) is 0 Å². The molecule has 0 unspecified atom stereocenters. The Bertz CT molecular complexity index is 887. The highest BCUT2D eigenvalue weighted by Gasteiger charge is 2.16. The molecule has 1 aliphatic rings. The molecule has 3 aromatic rings. The van der Waals surface area contributed by atoms with Crippen molar-refractivity contribution >= 4 is 23.7 Å². The summed E-state index contributed by atoms with van der Waals surface area (Å²) in [7, 11) is 0. The number of rotatable bonds is 5. The Hall–Kier alpha value is -2.26. The van der Waals surface area contributed by atoms with Crippen LogP contribution >= 0.6 is 12.6 Å². The van der Waals surface area contributed by atoms with Crippen molar-refractivity contribution in [3.8, 4) is 17.1 Å². The zero-order valence-electron chi connectivity index (χ0n) is 17.6. The van der Waals surface area contributed by atoms with Crippen LogP contribution in [-0.2, 0) is 0 Å². The van der Waals surface area contributed by atoms with Crippen molar-refractivity contribution in [3.05, 3.63) is 48.3 Å². The van der Waals surface area contributed by atoms with Gasteiger partial charge in [0.1, 0.15) is 0 Å². The van der Waals surface area contributed by atoms with Gasteiger partial charge in [-0.15, -0.1) is 0 Å². The Kier molecular flexibility index (Phi) is 11.3. The minimum Gasteiger partial charge on any atom is -0.476 e. The van der Waals surface area contributed by atoms with Crippen molar-refractivity contribution in [2.24, 2.45) is 0 Å². The molecular formula is C22H32N4O3S. The quantitative estimate of drug-likeness (QED) is 0.600. The number of pyridine rings is 1. The lowest BCUT2D eigenvalue weighted by Gasteiger charge is -2.23. The number of hydrogen-bond acceptors (Lipinski definition) is 6. The van der Waals surface area contributed by atoms with E-state index >= 15 is 0 Å². The van der Waals surface area contributed by atoms with E-state index in [0.717, 1.165) is 41.8 Å². The van der Waals surface area contributed by atoms with Gasteiger partial charge in [0.2, 0.25) is 5.88 Å². The molecule has 0 saturated carbocycles. The van der Waals surface area contributed by atoms with Gasteiger partial charge in [0.25, 0.3) is 0 Å². The number of thiol groups is 1. The van der Waals surface area contributed by atoms with Gasteiger partial charge in [-0.1, -0.05) is 31.2 Å². The molecule has 0 amide bonds. The summed E-state index contributed by atoms with van der Waals surface area (Å²) in [6.45, 7) is 4.92. The predicted octanol–water partition coefficient (Wildman–Crippen LogP) is 2.84. The highest BCUT2D eigenvalue weighted by molar-refractivity contribution is 7.79. The molecule has 7 nitrogen and oxygen atoms in total. The molecule has 0 atom stereocenters. The van der Waals surface area contributed by atoms with Crippen LogP contribution in [0.4, 0.5) is 0 Å². The second kappa shape index (κ2) is 13.1. The maximum Gasteiger partial charge on any atom is 0.242 e. The zero-order valence-corrected chi connectivity index (χ0v) is 18.5. The van der Waals surface area contributed by atoms with Crippen LogP contribution in [0.25, 0.3) is 22.3 Å². The molecule has 8 heteroatoms. The molecule has 5 N–H and O–H groups in total. The molecule has 0 aliphatic carbocycles. The lowest BCUT2D eigenvalue weighted by atomic mass is 9.89. The van der Waals surface area contributed by atoms with Crippen molar-refractivity contribution in [3.63, 3.8) is 0 Å². The Morgan fingerprint density at radius 2 is 1.70 bits per heavy atom. The standard InChI is InChI=1S/C21H24N4O.CH4S.2H2O/c1-2-13-26-21-20-19(23-11-12-24-20)14-18(25-21)17-5-3-15(4-6-17)16-7-9-22-10-8-16;1-2;;/h3-6,11-12,14,16,22H,2,7-10,13H2,1H3;2H,1H3;2*1H2. The topological polar surface area (TPSA) is 123 Å². The maximum atomic E-state index is 5.83. The minimum absolute atomic E-state index is 0. The average Bonchev–Trinajstić information content (AvgIpc) is 2.79. The predicted molar refractivity (Wildman–Crippen MR) is 126 cm³/mol. The summed E-state index contributed by atoms with van der Waals surface area (Å²) in [4.78, 5) is 13.5. The number of aromatic nitrogens is 3. The number of fused-ring (bicyclic) bond motifs is 1. The third-order valence-electron chi connectivity index (χ3n) is 4.88. The van der Waals surface area contributed by atoms with Crippen molar-refractivity contribution < 1.29 is 15.7 Å². The number of nitrogens with zero attached hydrogens (tertiary/aromatic N) is 3. The Balaban J connectivity index is 0.00000109. The van der Waals surface area contributed by atoms with E-state index in [1.165, 1.54) is 18.4 Å². The van der Waals surface area contributed by atoms with E-state index in [2.05, 4.69) is 59.1 Å². The molecule has 1 fully saturated rings. The monoisotopic (exact) mass is 432 g/mol. The van der Waals surface area contributed by atoms with Gasteiger partial charge in [-0.25, -0.2) is 9.97 Å². The summed E-state index contributed by atoms with van der Waals surface area (Å²) >= 11 is 3.53. The van der Waals surface area contributed by atoms with Crippen LogP contribution in [0.5, 0.6) is 5.88 Å². The fourth-order valence-corrected chi connectivity index (χ4v) is 3.47. The smallest absolute Gasteiger partial charge is 0.242 e. The lowest BCUT2D eigenvalue weighted by Crippen LogP contribution is -2.26. The highest BCUT2D eigenvalue weighted by Crippen LogP contribution is 2.30. The number of ether oxygens (including phenoxy) is 1. The van der Waals surface area contributed by atoms with Crippen LogP contribution in [0.1, 0.15) is 37.7 Å². The van der Waals surface area contributed by atoms with E-state index in [-0.39, 0.29) is 11.0 Å². The molecular weight excluding hydrogens is 400 g/mol. The van der Waals surface area contributed by atoms with Gasteiger partial charge < -0.3 is 21.0 Å². The molecule has 164 valence electrons. The van der Waals surface area contributed by atoms with Gasteiger partial charge in [0, 0.05) is 18.0 Å². The van der Waals surface area contributed by atoms with E-state index in [0.29, 0.717) is 18.4 Å². The summed E-state index contributed by atoms with van der Waals surface area (Å²) in [6, 6.07) is 10.8. The number of hydrogen-bond donors (Lipinski definition) is 2. The molecule has 1 aromatic carbocycles. The lowest BCUT2D eigenvalue weighted by molar-refractivity contribution is 0.309. The normalized spacial score (nSPS) is 13.4. The van der Waals surface area contributed by atoms with Crippen LogP contribution in [-0.4, -0.2) is 51.9 Å². The third-order valence-corrected chi connectivity index (χ3v) is 4.88. The van der Waals surface area contributed by atoms with Gasteiger partial charge in [-0.2, -0.15) is 12.6 Å². The van der Waals surface area contributed by atoms with Gasteiger partial charge in [-0.05, 0) is 56.2 Å². The van der Waals surface area contributed by atoms with Crippen molar-refractivity contribution in [2.45, 2.75) is 32.1 Å². The number of benzene rings is 1. The average molecular weight is 433 g/mol. The zero-order chi connectivity index (χ0) is 19.8. The van der Waals surface area contributed by atoms with Crippen molar-refractivity contribution in [2.75, 3.05) is 26.0 Å². The van der Waals surface area contributed by atoms with Gasteiger partial charge >= 0.3 is 0 Å². The molecule has 0 bridgehead atoms. The van der Waals surface area contributed by atoms with E-state index in [1.807, 2.05) is 6.07 Å². The highest BCUT2D eigenvalue weighted by atomic mass is 32.1. The molecule has 4 rings (SSSR count). The summed E-state index contributed by atoms with van der Waals surface area (Å²) in [5, 5.41) is 3.42. The first kappa shape index (κ1) is 25.8. The van der Waals surface area contributed by atoms with Gasteiger partial charge in [0.05, 0.1) is 17.8 Å². The van der Waals surface area contributed by atoms with E-state index in [9.17, 15) is 0 Å². The molecule has 1 saturated heterocycles. The molecule has 1 aliphatic heterocycles. The summed E-state index contributed by atoms with van der Waals surface area (Å²) in [6.07, 6.45) is 8.42. The molecule has 3 heterocycles. The third kappa shape index (κ3) is 6.12. The van der Waals surface area contributed by atoms with Crippen LogP contribution in [0.15, 0.2) is 42.7 Å². The first-order valence-electron chi connectivity index (χ1n) is 9.85. The number of nitrogens with one attached hydrogen (secondary N) is 1. The van der Waals surface area contributed by atoms with E-state index in [4.69, 9.17) is 9.72 Å². The fourth-order valence-electron chi connectivity index (χ4n) is 3.47. The maximum absolute atomic E-state index is 5.83.